The predicted octanol–water partition coefficient (Wildman–Crippen LogP) is 2.66. The van der Waals surface area contributed by atoms with Gasteiger partial charge in [0.25, 0.3) is 0 Å². The van der Waals surface area contributed by atoms with Gasteiger partial charge in [-0.1, -0.05) is 35.8 Å². The highest BCUT2D eigenvalue weighted by molar-refractivity contribution is 6.57. The van der Waals surface area contributed by atoms with Gasteiger partial charge in [-0.3, -0.25) is 4.79 Å². The second kappa shape index (κ2) is 8.18. The first-order valence-electron chi connectivity index (χ1n) is 7.60. The van der Waals surface area contributed by atoms with Gasteiger partial charge in [0, 0.05) is 19.2 Å². The molecule has 22 heavy (non-hydrogen) atoms. The summed E-state index contributed by atoms with van der Waals surface area (Å²) in [5.41, 5.74) is 2.80. The lowest BCUT2D eigenvalue weighted by Crippen LogP contribution is -2.16. The number of aliphatic imine (C=N–C) groups is 1. The molecule has 0 unspecified atom stereocenters. The molecule has 112 valence electrons. The van der Waals surface area contributed by atoms with Crippen molar-refractivity contribution in [3.05, 3.63) is 60.2 Å². The van der Waals surface area contributed by atoms with Crippen LogP contribution >= 0.6 is 0 Å². The van der Waals surface area contributed by atoms with Crippen LogP contribution in [-0.4, -0.2) is 37.9 Å². The van der Waals surface area contributed by atoms with E-state index in [1.807, 2.05) is 54.4 Å². The average Bonchev–Trinajstić information content (AvgIpc) is 2.59. The van der Waals surface area contributed by atoms with Gasteiger partial charge in [-0.25, -0.2) is 4.99 Å². The van der Waals surface area contributed by atoms with Crippen LogP contribution in [0.15, 0.2) is 59.6 Å². The van der Waals surface area contributed by atoms with E-state index in [0.717, 1.165) is 25.1 Å². The lowest BCUT2D eigenvalue weighted by molar-refractivity contribution is 0.101. The van der Waals surface area contributed by atoms with Gasteiger partial charge in [0.15, 0.2) is 13.1 Å². The maximum Gasteiger partial charge on any atom is 0.166 e. The van der Waals surface area contributed by atoms with Crippen LogP contribution in [0.5, 0.6) is 0 Å². The van der Waals surface area contributed by atoms with E-state index in [0.29, 0.717) is 6.32 Å². The Morgan fingerprint density at radius 2 is 1.82 bits per heavy atom. The third-order valence-electron chi connectivity index (χ3n) is 3.58. The van der Waals surface area contributed by atoms with Crippen LogP contribution < -0.4 is 5.46 Å². The highest BCUT2D eigenvalue weighted by Crippen LogP contribution is 2.14. The number of Topliss-reactive ketones (excluding diaryl/α,β-unsaturated/α-hetero) is 1. The van der Waals surface area contributed by atoms with Crippen molar-refractivity contribution >= 4 is 30.6 Å². The number of nitrogens with zero attached hydrogens (tertiary/aromatic N) is 2. The molecule has 2 aromatic carbocycles. The summed E-state index contributed by atoms with van der Waals surface area (Å²) in [6.45, 7) is 2.99. The lowest BCUT2D eigenvalue weighted by atomic mass is 9.65. The predicted molar refractivity (Wildman–Crippen MR) is 95.3 cm³/mol. The van der Waals surface area contributed by atoms with Gasteiger partial charge in [-0.15, -0.1) is 0 Å². The number of ketones is 1. The third kappa shape index (κ3) is 4.88. The van der Waals surface area contributed by atoms with Gasteiger partial charge >= 0.3 is 0 Å². The maximum absolute atomic E-state index is 12.2. The zero-order valence-electron chi connectivity index (χ0n) is 13.2. The van der Waals surface area contributed by atoms with Crippen molar-refractivity contribution in [2.45, 2.75) is 13.2 Å². The number of rotatable bonds is 7. The van der Waals surface area contributed by atoms with E-state index in [-0.39, 0.29) is 5.78 Å². The molecule has 0 spiro atoms. The van der Waals surface area contributed by atoms with E-state index in [1.54, 1.807) is 6.34 Å². The molecule has 0 saturated carbocycles. The molecule has 0 atom stereocenters. The molecule has 2 aromatic rings. The van der Waals surface area contributed by atoms with E-state index in [9.17, 15) is 4.79 Å². The van der Waals surface area contributed by atoms with Crippen molar-refractivity contribution in [1.82, 2.24) is 4.90 Å². The zero-order chi connectivity index (χ0) is 15.8. The van der Waals surface area contributed by atoms with E-state index in [4.69, 9.17) is 0 Å². The van der Waals surface area contributed by atoms with E-state index < -0.39 is 0 Å². The largest absolute Gasteiger partial charge is 0.366 e. The molecule has 0 amide bonds. The summed E-state index contributed by atoms with van der Waals surface area (Å²) in [6, 6.07) is 17.6. The monoisotopic (exact) mass is 292 g/mol. The molecule has 0 heterocycles. The first kappa shape index (κ1) is 16.0. The molecule has 0 saturated heterocycles. The van der Waals surface area contributed by atoms with Crippen LogP contribution in [-0.2, 0) is 0 Å². The lowest BCUT2D eigenvalue weighted by Gasteiger charge is -2.08. The van der Waals surface area contributed by atoms with Crippen molar-refractivity contribution in [1.29, 1.82) is 0 Å². The van der Waals surface area contributed by atoms with Crippen molar-refractivity contribution in [3.8, 4) is 0 Å². The average molecular weight is 292 g/mol. The molecule has 2 rings (SSSR count). The Morgan fingerprint density at radius 3 is 2.45 bits per heavy atom. The molecular formula is C18H21BN2O. The Balaban J connectivity index is 1.92. The first-order valence-corrected chi connectivity index (χ1v) is 7.60. The van der Waals surface area contributed by atoms with Gasteiger partial charge < -0.3 is 4.90 Å². The van der Waals surface area contributed by atoms with Crippen molar-refractivity contribution in [2.75, 3.05) is 13.6 Å². The van der Waals surface area contributed by atoms with Crippen LogP contribution in [0.25, 0.3) is 0 Å². The SMILES string of the molecule is CCN(C)/C=N/c1ccc(C(=O)CBc2ccccc2)cc1. The van der Waals surface area contributed by atoms with Gasteiger partial charge in [-0.2, -0.15) is 0 Å². The fourth-order valence-corrected chi connectivity index (χ4v) is 2.03. The summed E-state index contributed by atoms with van der Waals surface area (Å²) in [5, 5.41) is 0. The van der Waals surface area contributed by atoms with Gasteiger partial charge in [0.1, 0.15) is 0 Å². The minimum Gasteiger partial charge on any atom is -0.366 e. The molecule has 3 nitrogen and oxygen atoms in total. The van der Waals surface area contributed by atoms with Crippen LogP contribution in [0.4, 0.5) is 5.69 Å². The number of carbonyl (C=O) groups excluding carboxylic acids is 1. The number of hydrogen-bond acceptors (Lipinski definition) is 2. The summed E-state index contributed by atoms with van der Waals surface area (Å²) in [4.78, 5) is 18.6. The zero-order valence-corrected chi connectivity index (χ0v) is 13.2. The Hall–Kier alpha value is -2.36. The van der Waals surface area contributed by atoms with Crippen LogP contribution in [0.3, 0.4) is 0 Å². The van der Waals surface area contributed by atoms with Gasteiger partial charge in [0.2, 0.25) is 0 Å². The fourth-order valence-electron chi connectivity index (χ4n) is 2.03. The molecule has 0 aliphatic heterocycles. The minimum absolute atomic E-state index is 0.171. The Bertz CT molecular complexity index is 623. The highest BCUT2D eigenvalue weighted by atomic mass is 16.1. The molecule has 0 aliphatic rings. The standard InChI is InChI=1S/C18H21BN2O/c1-3-21(2)14-20-17-11-9-15(10-12-17)18(22)13-19-16-7-5-4-6-8-16/h4-12,14,19H,3,13H2,1-2H3/b20-14+. The summed E-state index contributed by atoms with van der Waals surface area (Å²) < 4.78 is 0. The normalized spacial score (nSPS) is 10.6. The topological polar surface area (TPSA) is 32.7 Å². The minimum atomic E-state index is 0.171. The molecule has 0 aromatic heterocycles. The number of benzene rings is 2. The van der Waals surface area contributed by atoms with Crippen LogP contribution in [0.2, 0.25) is 6.32 Å². The summed E-state index contributed by atoms with van der Waals surface area (Å²) in [7, 11) is 2.76. The van der Waals surface area contributed by atoms with Crippen molar-refractivity contribution in [2.24, 2.45) is 4.99 Å². The Morgan fingerprint density at radius 1 is 1.14 bits per heavy atom. The molecule has 0 bridgehead atoms. The second-order valence-electron chi connectivity index (χ2n) is 5.27. The van der Waals surface area contributed by atoms with Crippen LogP contribution in [0, 0.1) is 0 Å². The summed E-state index contributed by atoms with van der Waals surface area (Å²) >= 11 is 0. The molecule has 0 radical (unpaired) electrons. The molecular weight excluding hydrogens is 271 g/mol. The smallest absolute Gasteiger partial charge is 0.166 e. The maximum atomic E-state index is 12.2. The Kier molecular flexibility index (Phi) is 5.96. The number of carbonyl (C=O) groups is 1. The molecule has 4 heteroatoms. The van der Waals surface area contributed by atoms with Crippen molar-refractivity contribution < 1.29 is 4.79 Å². The van der Waals surface area contributed by atoms with Crippen LogP contribution in [0.1, 0.15) is 17.3 Å². The Labute approximate surface area is 132 Å². The third-order valence-corrected chi connectivity index (χ3v) is 3.58. The summed E-state index contributed by atoms with van der Waals surface area (Å²) in [6.07, 6.45) is 2.33. The molecule has 0 fully saturated rings. The second-order valence-corrected chi connectivity index (χ2v) is 5.27. The summed E-state index contributed by atoms with van der Waals surface area (Å²) in [5.74, 6) is 0.171. The van der Waals surface area contributed by atoms with E-state index in [2.05, 4.69) is 24.0 Å². The quantitative estimate of drug-likeness (QED) is 0.340. The first-order chi connectivity index (χ1) is 10.7. The fraction of sp³-hybridized carbons (Fsp3) is 0.222. The van der Waals surface area contributed by atoms with Gasteiger partial charge in [0.05, 0.1) is 12.0 Å². The van der Waals surface area contributed by atoms with Crippen molar-refractivity contribution in [3.63, 3.8) is 0 Å². The van der Waals surface area contributed by atoms with E-state index >= 15 is 0 Å². The number of hydrogen-bond donors (Lipinski definition) is 0. The highest BCUT2D eigenvalue weighted by Gasteiger charge is 2.07. The molecule has 0 aliphatic carbocycles. The molecule has 0 N–H and O–H groups in total. The van der Waals surface area contributed by atoms with E-state index in [1.165, 1.54) is 5.46 Å². The van der Waals surface area contributed by atoms with Gasteiger partial charge in [-0.05, 0) is 37.5 Å².